The number of hydrogen-bond donors (Lipinski definition) is 1. The Morgan fingerprint density at radius 2 is 2.28 bits per heavy atom. The Kier molecular flexibility index (Phi) is 2.26. The van der Waals surface area contributed by atoms with E-state index in [0.717, 1.165) is 22.5 Å². The number of anilines is 1. The molecule has 1 aliphatic heterocycles. The first-order valence-corrected chi connectivity index (χ1v) is 7.23. The molecule has 1 aromatic heterocycles. The van der Waals surface area contributed by atoms with Crippen molar-refractivity contribution in [3.8, 4) is 0 Å². The van der Waals surface area contributed by atoms with Crippen molar-refractivity contribution in [3.63, 3.8) is 0 Å². The summed E-state index contributed by atoms with van der Waals surface area (Å²) in [4.78, 5) is 2.49. The van der Waals surface area contributed by atoms with Crippen LogP contribution in [0.25, 0.3) is 11.0 Å². The lowest BCUT2D eigenvalue weighted by Gasteiger charge is -2.27. The fourth-order valence-electron chi connectivity index (χ4n) is 3.35. The highest BCUT2D eigenvalue weighted by atomic mass is 79.9. The number of furan rings is 1. The van der Waals surface area contributed by atoms with Crippen LogP contribution in [0.2, 0.25) is 0 Å². The van der Waals surface area contributed by atoms with Gasteiger partial charge >= 0.3 is 0 Å². The fraction of sp³-hybridized carbons (Fsp3) is 0.429. The van der Waals surface area contributed by atoms with Crippen molar-refractivity contribution in [2.24, 2.45) is 11.7 Å². The fourth-order valence-corrected chi connectivity index (χ4v) is 3.81. The molecule has 3 atom stereocenters. The molecular weight excluding hydrogens is 292 g/mol. The Morgan fingerprint density at radius 1 is 1.39 bits per heavy atom. The average molecular weight is 307 g/mol. The second kappa shape index (κ2) is 3.75. The molecule has 4 heteroatoms. The van der Waals surface area contributed by atoms with E-state index in [0.29, 0.717) is 12.1 Å². The molecule has 18 heavy (non-hydrogen) atoms. The first-order chi connectivity index (χ1) is 8.79. The van der Waals surface area contributed by atoms with Crippen LogP contribution in [-0.4, -0.2) is 18.6 Å². The van der Waals surface area contributed by atoms with Gasteiger partial charge in [0.05, 0.1) is 10.2 Å². The minimum Gasteiger partial charge on any atom is -0.461 e. The lowest BCUT2D eigenvalue weighted by molar-refractivity contribution is 0.589. The third kappa shape index (κ3) is 1.39. The summed E-state index contributed by atoms with van der Waals surface area (Å²) in [6, 6.07) is 7.37. The van der Waals surface area contributed by atoms with Crippen molar-refractivity contribution in [2.75, 3.05) is 11.4 Å². The molecule has 2 aliphatic rings. The molecule has 0 radical (unpaired) electrons. The van der Waals surface area contributed by atoms with Crippen LogP contribution in [-0.2, 0) is 0 Å². The van der Waals surface area contributed by atoms with Crippen molar-refractivity contribution in [1.82, 2.24) is 0 Å². The standard InChI is InChI=1S/C14H15BrN2O/c15-11-3-1-2-10-13(7-18-14(10)11)17-9(6-16)4-8-5-12(8)17/h1-3,7-9,12H,4-6,16H2. The van der Waals surface area contributed by atoms with Crippen LogP contribution >= 0.6 is 15.9 Å². The number of halogens is 1. The number of nitrogens with two attached hydrogens (primary N) is 1. The van der Waals surface area contributed by atoms with Crippen molar-refractivity contribution in [1.29, 1.82) is 0 Å². The van der Waals surface area contributed by atoms with Gasteiger partial charge in [0.1, 0.15) is 11.8 Å². The van der Waals surface area contributed by atoms with Crippen LogP contribution in [0.3, 0.4) is 0 Å². The molecule has 2 aromatic rings. The van der Waals surface area contributed by atoms with Gasteiger partial charge in [0.15, 0.2) is 0 Å². The summed E-state index contributed by atoms with van der Waals surface area (Å²) in [6.07, 6.45) is 4.44. The first-order valence-electron chi connectivity index (χ1n) is 6.43. The Balaban J connectivity index is 1.85. The van der Waals surface area contributed by atoms with E-state index in [-0.39, 0.29) is 0 Å². The predicted molar refractivity (Wildman–Crippen MR) is 75.7 cm³/mol. The van der Waals surface area contributed by atoms with Crippen LogP contribution in [0, 0.1) is 5.92 Å². The molecule has 1 aromatic carbocycles. The lowest BCUT2D eigenvalue weighted by atomic mass is 10.1. The molecule has 3 unspecified atom stereocenters. The Hall–Kier alpha value is -1.00. The molecule has 1 saturated heterocycles. The van der Waals surface area contributed by atoms with Gasteiger partial charge in [-0.25, -0.2) is 0 Å². The minimum atomic E-state index is 0.480. The highest BCUT2D eigenvalue weighted by molar-refractivity contribution is 9.10. The Labute approximate surface area is 114 Å². The number of hydrogen-bond acceptors (Lipinski definition) is 3. The Morgan fingerprint density at radius 3 is 3.11 bits per heavy atom. The van der Waals surface area contributed by atoms with Crippen LogP contribution < -0.4 is 10.6 Å². The predicted octanol–water partition coefficient (Wildman–Crippen LogP) is 3.12. The van der Waals surface area contributed by atoms with Crippen LogP contribution in [0.4, 0.5) is 5.69 Å². The van der Waals surface area contributed by atoms with Crippen molar-refractivity contribution < 1.29 is 4.42 Å². The molecule has 4 rings (SSSR count). The zero-order valence-electron chi connectivity index (χ0n) is 9.97. The molecule has 2 N–H and O–H groups in total. The average Bonchev–Trinajstić information content (AvgIpc) is 2.85. The monoisotopic (exact) mass is 306 g/mol. The van der Waals surface area contributed by atoms with Gasteiger partial charge in [-0.3, -0.25) is 0 Å². The zero-order chi connectivity index (χ0) is 12.3. The number of para-hydroxylation sites is 1. The van der Waals surface area contributed by atoms with Crippen LogP contribution in [0.15, 0.2) is 33.4 Å². The summed E-state index contributed by atoms with van der Waals surface area (Å²) in [5.74, 6) is 0.857. The van der Waals surface area contributed by atoms with Gasteiger partial charge in [0, 0.05) is 24.0 Å². The molecule has 1 aliphatic carbocycles. The van der Waals surface area contributed by atoms with E-state index in [4.69, 9.17) is 10.2 Å². The summed E-state index contributed by atoms with van der Waals surface area (Å²) in [5, 5.41) is 1.19. The van der Waals surface area contributed by atoms with Crippen molar-refractivity contribution in [2.45, 2.75) is 24.9 Å². The van der Waals surface area contributed by atoms with E-state index >= 15 is 0 Å². The number of rotatable bonds is 2. The SMILES string of the molecule is NCC1CC2CC2N1c1coc2c(Br)cccc12. The molecular formula is C14H15BrN2O. The van der Waals surface area contributed by atoms with Crippen LogP contribution in [0.5, 0.6) is 0 Å². The number of nitrogens with zero attached hydrogens (tertiary/aromatic N) is 1. The number of fused-ring (bicyclic) bond motifs is 2. The first kappa shape index (κ1) is 10.9. The minimum absolute atomic E-state index is 0.480. The third-order valence-corrected chi connectivity index (χ3v) is 4.92. The van der Waals surface area contributed by atoms with Gasteiger partial charge in [0.25, 0.3) is 0 Å². The van der Waals surface area contributed by atoms with Gasteiger partial charge in [-0.15, -0.1) is 0 Å². The molecule has 2 fully saturated rings. The number of benzene rings is 1. The van der Waals surface area contributed by atoms with E-state index in [1.807, 2.05) is 12.3 Å². The van der Waals surface area contributed by atoms with Gasteiger partial charge < -0.3 is 15.1 Å². The topological polar surface area (TPSA) is 42.4 Å². The summed E-state index contributed by atoms with van der Waals surface area (Å²) < 4.78 is 6.74. The largest absolute Gasteiger partial charge is 0.461 e. The molecule has 94 valence electrons. The summed E-state index contributed by atoms with van der Waals surface area (Å²) >= 11 is 3.54. The van der Waals surface area contributed by atoms with Gasteiger partial charge in [-0.1, -0.05) is 6.07 Å². The maximum absolute atomic E-state index is 5.91. The number of piperidine rings is 1. The zero-order valence-corrected chi connectivity index (χ0v) is 11.6. The van der Waals surface area contributed by atoms with Gasteiger partial charge in [0.2, 0.25) is 0 Å². The molecule has 0 spiro atoms. The van der Waals surface area contributed by atoms with E-state index in [9.17, 15) is 0 Å². The van der Waals surface area contributed by atoms with E-state index in [1.165, 1.54) is 23.9 Å². The summed E-state index contributed by atoms with van der Waals surface area (Å²) in [5.41, 5.74) is 8.06. The van der Waals surface area contributed by atoms with Gasteiger partial charge in [-0.2, -0.15) is 0 Å². The second-order valence-corrected chi connectivity index (χ2v) is 6.19. The van der Waals surface area contributed by atoms with Gasteiger partial charge in [-0.05, 0) is 46.8 Å². The summed E-state index contributed by atoms with van der Waals surface area (Å²) in [6.45, 7) is 0.730. The second-order valence-electron chi connectivity index (χ2n) is 5.33. The highest BCUT2D eigenvalue weighted by Crippen LogP contribution is 2.51. The van der Waals surface area contributed by atoms with E-state index in [2.05, 4.69) is 33.0 Å². The highest BCUT2D eigenvalue weighted by Gasteiger charge is 2.52. The summed E-state index contributed by atoms with van der Waals surface area (Å²) in [7, 11) is 0. The molecule has 1 saturated carbocycles. The maximum atomic E-state index is 5.91. The quantitative estimate of drug-likeness (QED) is 0.927. The Bertz CT molecular complexity index is 609. The molecule has 0 amide bonds. The van der Waals surface area contributed by atoms with Crippen molar-refractivity contribution >= 4 is 32.6 Å². The molecule has 2 heterocycles. The van der Waals surface area contributed by atoms with Crippen molar-refractivity contribution in [3.05, 3.63) is 28.9 Å². The van der Waals surface area contributed by atoms with Crippen LogP contribution in [0.1, 0.15) is 12.8 Å². The lowest BCUT2D eigenvalue weighted by Crippen LogP contribution is -2.38. The molecule has 3 nitrogen and oxygen atoms in total. The normalized spacial score (nSPS) is 29.9. The third-order valence-electron chi connectivity index (χ3n) is 4.29. The van der Waals surface area contributed by atoms with E-state index in [1.54, 1.807) is 0 Å². The van der Waals surface area contributed by atoms with E-state index < -0.39 is 0 Å². The smallest absolute Gasteiger partial charge is 0.150 e. The molecule has 0 bridgehead atoms. The maximum Gasteiger partial charge on any atom is 0.150 e.